The highest BCUT2D eigenvalue weighted by molar-refractivity contribution is 7.17. The average molecular weight is 333 g/mol. The molecule has 2 heterocycles. The van der Waals surface area contributed by atoms with Gasteiger partial charge in [0.1, 0.15) is 10.8 Å². The molecule has 0 aromatic carbocycles. The van der Waals surface area contributed by atoms with Gasteiger partial charge in [0, 0.05) is 17.7 Å². The smallest absolute Gasteiger partial charge is 0.341 e. The van der Waals surface area contributed by atoms with Crippen molar-refractivity contribution in [3.8, 4) is 0 Å². The Kier molecular flexibility index (Phi) is 4.81. The summed E-state index contributed by atoms with van der Waals surface area (Å²) in [5.74, 6) is 0.287. The normalized spacial score (nSPS) is 13.4. The highest BCUT2D eigenvalue weighted by Gasteiger charge is 2.26. The number of ether oxygens (including phenoxy) is 1. The SMILES string of the molecule is COC(=O)c1c(NC(=O)CCc2ccco2)sc2c1CCCC2. The van der Waals surface area contributed by atoms with Crippen LogP contribution < -0.4 is 5.32 Å². The Labute approximate surface area is 138 Å². The first-order valence-electron chi connectivity index (χ1n) is 7.74. The number of hydrogen-bond acceptors (Lipinski definition) is 5. The summed E-state index contributed by atoms with van der Waals surface area (Å²) in [6, 6.07) is 3.65. The summed E-state index contributed by atoms with van der Waals surface area (Å²) >= 11 is 1.50. The molecule has 0 radical (unpaired) electrons. The van der Waals surface area contributed by atoms with Crippen molar-refractivity contribution in [1.82, 2.24) is 0 Å². The van der Waals surface area contributed by atoms with Crippen LogP contribution in [0.3, 0.4) is 0 Å². The first-order valence-corrected chi connectivity index (χ1v) is 8.55. The Morgan fingerprint density at radius 3 is 2.91 bits per heavy atom. The minimum absolute atomic E-state index is 0.120. The second-order valence-electron chi connectivity index (χ2n) is 5.53. The Morgan fingerprint density at radius 2 is 2.17 bits per heavy atom. The largest absolute Gasteiger partial charge is 0.469 e. The fraction of sp³-hybridized carbons (Fsp3) is 0.412. The van der Waals surface area contributed by atoms with Gasteiger partial charge in [-0.15, -0.1) is 11.3 Å². The van der Waals surface area contributed by atoms with E-state index in [-0.39, 0.29) is 11.9 Å². The van der Waals surface area contributed by atoms with Crippen LogP contribution in [-0.2, 0) is 28.8 Å². The van der Waals surface area contributed by atoms with E-state index in [2.05, 4.69) is 5.32 Å². The van der Waals surface area contributed by atoms with Gasteiger partial charge in [-0.25, -0.2) is 4.79 Å². The van der Waals surface area contributed by atoms with Crippen LogP contribution in [0.1, 0.15) is 45.8 Å². The van der Waals surface area contributed by atoms with Gasteiger partial charge in [0.25, 0.3) is 0 Å². The van der Waals surface area contributed by atoms with Crippen molar-refractivity contribution in [2.75, 3.05) is 12.4 Å². The first kappa shape index (κ1) is 15.8. The van der Waals surface area contributed by atoms with Crippen LogP contribution in [-0.4, -0.2) is 19.0 Å². The number of carbonyl (C=O) groups excluding carboxylic acids is 2. The van der Waals surface area contributed by atoms with Crippen LogP contribution in [0.15, 0.2) is 22.8 Å². The van der Waals surface area contributed by atoms with Crippen LogP contribution >= 0.6 is 11.3 Å². The van der Waals surface area contributed by atoms with Crippen molar-refractivity contribution < 1.29 is 18.7 Å². The molecule has 5 nitrogen and oxygen atoms in total. The maximum Gasteiger partial charge on any atom is 0.341 e. The van der Waals surface area contributed by atoms with Gasteiger partial charge >= 0.3 is 5.97 Å². The standard InChI is InChI=1S/C17H19NO4S/c1-21-17(20)15-12-6-2-3-7-13(12)23-16(15)18-14(19)9-8-11-5-4-10-22-11/h4-5,10H,2-3,6-9H2,1H3,(H,18,19). The topological polar surface area (TPSA) is 68.5 Å². The Balaban J connectivity index is 1.74. The van der Waals surface area contributed by atoms with Crippen LogP contribution in [0.25, 0.3) is 0 Å². The second kappa shape index (κ2) is 7.00. The third-order valence-electron chi connectivity index (χ3n) is 3.99. The zero-order valence-electron chi connectivity index (χ0n) is 13.0. The number of furan rings is 1. The van der Waals surface area contributed by atoms with Crippen LogP contribution in [0.4, 0.5) is 5.00 Å². The molecule has 0 fully saturated rings. The Hall–Kier alpha value is -2.08. The van der Waals surface area contributed by atoms with Gasteiger partial charge in [-0.1, -0.05) is 0 Å². The fourth-order valence-corrected chi connectivity index (χ4v) is 4.15. The van der Waals surface area contributed by atoms with Gasteiger partial charge in [0.2, 0.25) is 5.91 Å². The highest BCUT2D eigenvalue weighted by atomic mass is 32.1. The number of hydrogen-bond donors (Lipinski definition) is 1. The molecule has 23 heavy (non-hydrogen) atoms. The number of nitrogens with one attached hydrogen (secondary N) is 1. The number of esters is 1. The lowest BCUT2D eigenvalue weighted by atomic mass is 9.95. The molecule has 2 aromatic heterocycles. The molecule has 1 aliphatic carbocycles. The van der Waals surface area contributed by atoms with Gasteiger partial charge in [-0.2, -0.15) is 0 Å². The van der Waals surface area contributed by atoms with E-state index < -0.39 is 0 Å². The zero-order chi connectivity index (χ0) is 16.2. The van der Waals surface area contributed by atoms with E-state index in [0.29, 0.717) is 23.4 Å². The molecule has 0 spiro atoms. The third-order valence-corrected chi connectivity index (χ3v) is 5.20. The number of aryl methyl sites for hydroxylation is 2. The molecule has 1 amide bonds. The van der Waals surface area contributed by atoms with Gasteiger partial charge in [0.15, 0.2) is 0 Å². The van der Waals surface area contributed by atoms with Crippen molar-refractivity contribution in [3.63, 3.8) is 0 Å². The molecule has 0 saturated carbocycles. The molecule has 0 saturated heterocycles. The highest BCUT2D eigenvalue weighted by Crippen LogP contribution is 2.38. The number of carbonyl (C=O) groups is 2. The van der Waals surface area contributed by atoms with Crippen LogP contribution in [0, 0.1) is 0 Å². The van der Waals surface area contributed by atoms with Gasteiger partial charge in [0.05, 0.1) is 18.9 Å². The van der Waals surface area contributed by atoms with Crippen molar-refractivity contribution in [3.05, 3.63) is 40.2 Å². The van der Waals surface area contributed by atoms with Gasteiger partial charge < -0.3 is 14.5 Å². The molecule has 1 N–H and O–H groups in total. The summed E-state index contributed by atoms with van der Waals surface area (Å²) in [4.78, 5) is 25.5. The van der Waals surface area contributed by atoms with Crippen molar-refractivity contribution in [1.29, 1.82) is 0 Å². The number of amides is 1. The van der Waals surface area contributed by atoms with Gasteiger partial charge in [-0.3, -0.25) is 4.79 Å². The number of rotatable bonds is 5. The fourth-order valence-electron chi connectivity index (χ4n) is 2.85. The number of methoxy groups -OCH3 is 1. The van der Waals surface area contributed by atoms with Crippen molar-refractivity contribution in [2.45, 2.75) is 38.5 Å². The van der Waals surface area contributed by atoms with E-state index in [9.17, 15) is 9.59 Å². The molecule has 3 rings (SSSR count). The molecule has 122 valence electrons. The summed E-state index contributed by atoms with van der Waals surface area (Å²) in [6.45, 7) is 0. The Bertz CT molecular complexity index is 703. The maximum atomic E-state index is 12.2. The lowest BCUT2D eigenvalue weighted by molar-refractivity contribution is -0.116. The van der Waals surface area contributed by atoms with E-state index in [1.165, 1.54) is 23.3 Å². The summed E-state index contributed by atoms with van der Waals surface area (Å²) < 4.78 is 10.1. The van der Waals surface area contributed by atoms with Crippen LogP contribution in [0.2, 0.25) is 0 Å². The minimum atomic E-state index is -0.370. The molecular weight excluding hydrogens is 314 g/mol. The molecular formula is C17H19NO4S. The van der Waals surface area contributed by atoms with Crippen molar-refractivity contribution >= 4 is 28.2 Å². The molecule has 0 unspecified atom stereocenters. The summed E-state index contributed by atoms with van der Waals surface area (Å²) in [7, 11) is 1.37. The maximum absolute atomic E-state index is 12.2. The quantitative estimate of drug-likeness (QED) is 0.849. The predicted molar refractivity (Wildman–Crippen MR) is 88.0 cm³/mol. The van der Waals surface area contributed by atoms with E-state index >= 15 is 0 Å². The zero-order valence-corrected chi connectivity index (χ0v) is 13.8. The molecule has 2 aromatic rings. The molecule has 0 bridgehead atoms. The number of anilines is 1. The minimum Gasteiger partial charge on any atom is -0.469 e. The monoisotopic (exact) mass is 333 g/mol. The summed E-state index contributed by atoms with van der Waals surface area (Å²) in [6.07, 6.45) is 6.48. The predicted octanol–water partition coefficient (Wildman–Crippen LogP) is 3.58. The summed E-state index contributed by atoms with van der Waals surface area (Å²) in [5, 5.41) is 3.50. The van der Waals surface area contributed by atoms with E-state index in [4.69, 9.17) is 9.15 Å². The van der Waals surface area contributed by atoms with E-state index in [1.807, 2.05) is 6.07 Å². The molecule has 6 heteroatoms. The lowest BCUT2D eigenvalue weighted by Crippen LogP contribution is -2.15. The van der Waals surface area contributed by atoms with E-state index in [0.717, 1.165) is 37.0 Å². The Morgan fingerprint density at radius 1 is 1.35 bits per heavy atom. The molecule has 0 aliphatic heterocycles. The first-order chi connectivity index (χ1) is 11.2. The summed E-state index contributed by atoms with van der Waals surface area (Å²) in [5.41, 5.74) is 1.59. The van der Waals surface area contributed by atoms with E-state index in [1.54, 1.807) is 12.3 Å². The van der Waals surface area contributed by atoms with Crippen LogP contribution in [0.5, 0.6) is 0 Å². The lowest BCUT2D eigenvalue weighted by Gasteiger charge is -2.11. The van der Waals surface area contributed by atoms with Gasteiger partial charge in [-0.05, 0) is 43.4 Å². The number of thiophene rings is 1. The number of fused-ring (bicyclic) bond motifs is 1. The molecule has 0 atom stereocenters. The second-order valence-corrected chi connectivity index (χ2v) is 6.64. The third kappa shape index (κ3) is 3.47. The molecule has 1 aliphatic rings. The van der Waals surface area contributed by atoms with Crippen molar-refractivity contribution in [2.24, 2.45) is 0 Å². The average Bonchev–Trinajstić information content (AvgIpc) is 3.19.